The number of hydrogen-bond donors (Lipinski definition) is 0. The van der Waals surface area contributed by atoms with Gasteiger partial charge in [0.25, 0.3) is 0 Å². The fourth-order valence-corrected chi connectivity index (χ4v) is 4.09. The summed E-state index contributed by atoms with van der Waals surface area (Å²) in [7, 11) is 0. The minimum Gasteiger partial charge on any atom is -0.360 e. The van der Waals surface area contributed by atoms with E-state index < -0.39 is 0 Å². The second-order valence-electron chi connectivity index (χ2n) is 5.69. The number of nitrogens with zero attached hydrogens (tertiary/aromatic N) is 2. The lowest BCUT2D eigenvalue weighted by atomic mass is 9.81. The maximum Gasteiger partial charge on any atom is 0.239 e. The van der Waals surface area contributed by atoms with Crippen LogP contribution in [0.2, 0.25) is 0 Å². The van der Waals surface area contributed by atoms with Crippen LogP contribution < -0.4 is 4.90 Å². The van der Waals surface area contributed by atoms with Crippen LogP contribution in [0.25, 0.3) is 0 Å². The number of imide groups is 1. The molecule has 2 heterocycles. The van der Waals surface area contributed by atoms with Gasteiger partial charge in [-0.2, -0.15) is 0 Å². The number of aryl methyl sites for hydroxylation is 1. The molecule has 2 amide bonds. The Morgan fingerprint density at radius 1 is 1.22 bits per heavy atom. The molecular weight excluding hydrogens is 232 g/mol. The minimum atomic E-state index is -0.0896. The maximum atomic E-state index is 12.4. The fourth-order valence-electron chi connectivity index (χ4n) is 4.09. The topological polar surface area (TPSA) is 63.4 Å². The predicted octanol–water partition coefficient (Wildman–Crippen LogP) is 1.52. The molecule has 1 saturated heterocycles. The number of fused-ring (bicyclic) bond motifs is 5. The second-order valence-corrected chi connectivity index (χ2v) is 5.69. The zero-order valence-corrected chi connectivity index (χ0v) is 10.1. The molecule has 4 rings (SSSR count). The van der Waals surface area contributed by atoms with Crippen LogP contribution in [0, 0.1) is 30.6 Å². The van der Waals surface area contributed by atoms with Gasteiger partial charge in [0.2, 0.25) is 11.8 Å². The summed E-state index contributed by atoms with van der Waals surface area (Å²) >= 11 is 0. The van der Waals surface area contributed by atoms with Crippen LogP contribution in [0.1, 0.15) is 25.0 Å². The molecule has 1 aliphatic heterocycles. The van der Waals surface area contributed by atoms with E-state index in [2.05, 4.69) is 5.16 Å². The Bertz CT molecular complexity index is 522. The van der Waals surface area contributed by atoms with E-state index in [1.165, 1.54) is 4.90 Å². The first-order chi connectivity index (χ1) is 8.66. The molecule has 1 aromatic heterocycles. The molecule has 2 bridgehead atoms. The predicted molar refractivity (Wildman–Crippen MR) is 61.5 cm³/mol. The van der Waals surface area contributed by atoms with Crippen molar-refractivity contribution >= 4 is 17.6 Å². The number of carbonyl (C=O) groups is 2. The summed E-state index contributed by atoms with van der Waals surface area (Å²) in [4.78, 5) is 26.1. The van der Waals surface area contributed by atoms with Gasteiger partial charge in [-0.05, 0) is 38.0 Å². The lowest BCUT2D eigenvalue weighted by Gasteiger charge is -2.19. The first-order valence-corrected chi connectivity index (χ1v) is 6.48. The summed E-state index contributed by atoms with van der Waals surface area (Å²) in [5.74, 6) is 1.49. The number of aromatic nitrogens is 1. The van der Waals surface area contributed by atoms with E-state index in [0.717, 1.165) is 19.3 Å². The summed E-state index contributed by atoms with van der Waals surface area (Å²) in [6, 6.07) is 1.65. The lowest BCUT2D eigenvalue weighted by Crippen LogP contribution is -2.32. The van der Waals surface area contributed by atoms with Gasteiger partial charge in [0, 0.05) is 6.07 Å². The molecule has 0 spiro atoms. The molecule has 2 aliphatic carbocycles. The molecule has 18 heavy (non-hydrogen) atoms. The average molecular weight is 246 g/mol. The molecule has 5 heteroatoms. The summed E-state index contributed by atoms with van der Waals surface area (Å²) in [5.41, 5.74) is 0. The average Bonchev–Trinajstić information content (AvgIpc) is 3.05. The van der Waals surface area contributed by atoms with Gasteiger partial charge >= 0.3 is 0 Å². The van der Waals surface area contributed by atoms with Crippen molar-refractivity contribution in [1.82, 2.24) is 5.16 Å². The zero-order chi connectivity index (χ0) is 12.4. The standard InChI is InChI=1S/C13H14N2O3/c1-6-4-9(14-18-6)15-12(16)10-7-2-3-8(5-7)11(10)13(15)17/h4,7-8,10-11H,2-3,5H2,1H3. The normalized spacial score (nSPS) is 37.7. The van der Waals surface area contributed by atoms with Crippen molar-refractivity contribution in [2.45, 2.75) is 26.2 Å². The monoisotopic (exact) mass is 246 g/mol. The van der Waals surface area contributed by atoms with Crippen molar-refractivity contribution in [2.24, 2.45) is 23.7 Å². The summed E-state index contributed by atoms with van der Waals surface area (Å²) < 4.78 is 4.97. The number of amides is 2. The van der Waals surface area contributed by atoms with Crippen LogP contribution in [0.4, 0.5) is 5.82 Å². The minimum absolute atomic E-state index is 0.0644. The molecule has 3 aliphatic rings. The van der Waals surface area contributed by atoms with Crippen LogP contribution >= 0.6 is 0 Å². The quantitative estimate of drug-likeness (QED) is 0.705. The Morgan fingerprint density at radius 3 is 2.33 bits per heavy atom. The summed E-state index contributed by atoms with van der Waals surface area (Å²) in [6.45, 7) is 1.76. The first kappa shape index (κ1) is 10.3. The highest BCUT2D eigenvalue weighted by Crippen LogP contribution is 2.56. The molecule has 4 atom stereocenters. The molecule has 94 valence electrons. The van der Waals surface area contributed by atoms with Crippen molar-refractivity contribution in [3.05, 3.63) is 11.8 Å². The third kappa shape index (κ3) is 1.09. The molecule has 0 radical (unpaired) electrons. The highest BCUT2D eigenvalue weighted by atomic mass is 16.5. The molecule has 2 saturated carbocycles. The largest absolute Gasteiger partial charge is 0.360 e. The van der Waals surface area contributed by atoms with Gasteiger partial charge in [-0.25, -0.2) is 4.90 Å². The molecule has 5 nitrogen and oxygen atoms in total. The van der Waals surface area contributed by atoms with E-state index in [4.69, 9.17) is 4.52 Å². The van der Waals surface area contributed by atoms with Crippen LogP contribution in [0.5, 0.6) is 0 Å². The summed E-state index contributed by atoms with van der Waals surface area (Å²) in [6.07, 6.45) is 3.24. The molecule has 4 unspecified atom stereocenters. The van der Waals surface area contributed by atoms with Crippen molar-refractivity contribution in [3.63, 3.8) is 0 Å². The van der Waals surface area contributed by atoms with Crippen LogP contribution in [0.3, 0.4) is 0 Å². The number of rotatable bonds is 1. The smallest absolute Gasteiger partial charge is 0.239 e. The SMILES string of the molecule is Cc1cc(N2C(=O)C3C4CCC(C4)C3C2=O)no1. The molecule has 0 aromatic carbocycles. The van der Waals surface area contributed by atoms with Crippen LogP contribution in [-0.4, -0.2) is 17.0 Å². The van der Waals surface area contributed by atoms with Gasteiger partial charge in [-0.3, -0.25) is 9.59 Å². The molecule has 0 N–H and O–H groups in total. The Labute approximate surface area is 104 Å². The second kappa shape index (κ2) is 3.22. The Kier molecular flexibility index (Phi) is 1.84. The van der Waals surface area contributed by atoms with Gasteiger partial charge in [0.15, 0.2) is 5.82 Å². The number of carbonyl (C=O) groups excluding carboxylic acids is 2. The van der Waals surface area contributed by atoms with E-state index in [-0.39, 0.29) is 23.7 Å². The maximum absolute atomic E-state index is 12.4. The van der Waals surface area contributed by atoms with Crippen molar-refractivity contribution in [1.29, 1.82) is 0 Å². The fraction of sp³-hybridized carbons (Fsp3) is 0.615. The Morgan fingerprint density at radius 2 is 1.83 bits per heavy atom. The van der Waals surface area contributed by atoms with Gasteiger partial charge in [0.05, 0.1) is 11.8 Å². The third-order valence-corrected chi connectivity index (χ3v) is 4.77. The van der Waals surface area contributed by atoms with Gasteiger partial charge < -0.3 is 4.52 Å². The molecule has 3 fully saturated rings. The van der Waals surface area contributed by atoms with E-state index in [0.29, 0.717) is 23.4 Å². The van der Waals surface area contributed by atoms with E-state index >= 15 is 0 Å². The van der Waals surface area contributed by atoms with Crippen LogP contribution in [0.15, 0.2) is 10.6 Å². The first-order valence-electron chi connectivity index (χ1n) is 6.48. The molecule has 1 aromatic rings. The van der Waals surface area contributed by atoms with Crippen molar-refractivity contribution in [2.75, 3.05) is 4.90 Å². The molecular formula is C13H14N2O3. The summed E-state index contributed by atoms with van der Waals surface area (Å²) in [5, 5.41) is 3.81. The van der Waals surface area contributed by atoms with Crippen molar-refractivity contribution < 1.29 is 14.1 Å². The van der Waals surface area contributed by atoms with Gasteiger partial charge in [-0.15, -0.1) is 0 Å². The third-order valence-electron chi connectivity index (χ3n) is 4.77. The van der Waals surface area contributed by atoms with Gasteiger partial charge in [-0.1, -0.05) is 5.16 Å². The lowest BCUT2D eigenvalue weighted by molar-refractivity contribution is -0.123. The van der Waals surface area contributed by atoms with Crippen molar-refractivity contribution in [3.8, 4) is 0 Å². The Hall–Kier alpha value is -1.65. The highest BCUT2D eigenvalue weighted by Gasteiger charge is 2.61. The zero-order valence-electron chi connectivity index (χ0n) is 10.1. The highest BCUT2D eigenvalue weighted by molar-refractivity contribution is 6.22. The van der Waals surface area contributed by atoms with E-state index in [1.807, 2.05) is 0 Å². The van der Waals surface area contributed by atoms with Gasteiger partial charge in [0.1, 0.15) is 5.76 Å². The van der Waals surface area contributed by atoms with E-state index in [9.17, 15) is 9.59 Å². The number of hydrogen-bond acceptors (Lipinski definition) is 4. The Balaban J connectivity index is 1.75. The van der Waals surface area contributed by atoms with E-state index in [1.54, 1.807) is 13.0 Å². The van der Waals surface area contributed by atoms with Crippen LogP contribution in [-0.2, 0) is 9.59 Å². The number of anilines is 1.